The van der Waals surface area contributed by atoms with Crippen LogP contribution in [0.3, 0.4) is 0 Å². The van der Waals surface area contributed by atoms with Gasteiger partial charge in [-0.1, -0.05) is 27.7 Å². The van der Waals surface area contributed by atoms with Crippen LogP contribution >= 0.6 is 0 Å². The molecule has 0 aliphatic rings. The molecule has 0 spiro atoms. The van der Waals surface area contributed by atoms with Gasteiger partial charge in [-0.05, 0) is 11.8 Å². The van der Waals surface area contributed by atoms with Gasteiger partial charge in [0.1, 0.15) is 0 Å². The molecule has 0 radical (unpaired) electrons. The summed E-state index contributed by atoms with van der Waals surface area (Å²) in [5, 5.41) is 36.6. The third-order valence-electron chi connectivity index (χ3n) is 1.75. The maximum absolute atomic E-state index is 9.78. The summed E-state index contributed by atoms with van der Waals surface area (Å²) >= 11 is 0. The van der Waals surface area contributed by atoms with Crippen molar-refractivity contribution in [2.45, 2.75) is 39.9 Å². The smallest absolute Gasteiger partial charge is 0.547 e. The predicted octanol–water partition coefficient (Wildman–Crippen LogP) is -2.87. The largest absolute Gasteiger partial charge is 2.00 e. The van der Waals surface area contributed by atoms with Gasteiger partial charge in [-0.3, -0.25) is 0 Å². The van der Waals surface area contributed by atoms with Gasteiger partial charge in [-0.25, -0.2) is 0 Å². The Kier molecular flexibility index (Phi) is 13.8. The normalized spacial score (nSPS) is 13.2. The third-order valence-corrected chi connectivity index (χ3v) is 1.75. The zero-order chi connectivity index (χ0) is 13.5. The third kappa shape index (κ3) is 11.9. The number of carboxylic acids is 2. The average Bonchev–Trinajstić information content (AvgIpc) is 2.15. The Morgan fingerprint density at radius 3 is 1.00 bits per heavy atom. The van der Waals surface area contributed by atoms with E-state index in [1.54, 1.807) is 27.7 Å². The van der Waals surface area contributed by atoms with Crippen molar-refractivity contribution in [1.82, 2.24) is 0 Å². The topological polar surface area (TPSA) is 121 Å². The number of aliphatic carboxylic acids is 2. The molecular weight excluding hydrogens is 240 g/mol. The van der Waals surface area contributed by atoms with Gasteiger partial charge >= 0.3 is 23.1 Å². The van der Waals surface area contributed by atoms with Gasteiger partial charge in [-0.2, -0.15) is 0 Å². The number of hydrogen-bond acceptors (Lipinski definition) is 6. The van der Waals surface area contributed by atoms with Crippen LogP contribution in [0.5, 0.6) is 0 Å². The van der Waals surface area contributed by atoms with Crippen molar-refractivity contribution in [2.75, 3.05) is 0 Å². The van der Waals surface area contributed by atoms with Crippen molar-refractivity contribution in [3.8, 4) is 0 Å². The van der Waals surface area contributed by atoms with E-state index in [9.17, 15) is 19.8 Å². The van der Waals surface area contributed by atoms with Crippen LogP contribution in [0.15, 0.2) is 0 Å². The van der Waals surface area contributed by atoms with Gasteiger partial charge in [0.05, 0.1) is 24.1 Å². The predicted molar refractivity (Wildman–Crippen MR) is 57.5 cm³/mol. The summed E-state index contributed by atoms with van der Waals surface area (Å²) in [6.07, 6.45) is -2.65. The molecule has 96 valence electrons. The number of carbonyl (C=O) groups is 2. The van der Waals surface area contributed by atoms with Crippen LogP contribution in [0.2, 0.25) is 0 Å². The minimum Gasteiger partial charge on any atom is -0.547 e. The van der Waals surface area contributed by atoms with Crippen molar-refractivity contribution in [3.63, 3.8) is 0 Å². The molecule has 0 aliphatic carbocycles. The summed E-state index contributed by atoms with van der Waals surface area (Å²) in [6, 6.07) is 0. The van der Waals surface area contributed by atoms with Crippen LogP contribution in [-0.2, 0) is 9.59 Å². The second-order valence-electron chi connectivity index (χ2n) is 4.02. The number of hydrogen-bond donors (Lipinski definition) is 2. The molecule has 0 aromatic carbocycles. The molecule has 2 unspecified atom stereocenters. The van der Waals surface area contributed by atoms with Gasteiger partial charge in [0.2, 0.25) is 0 Å². The summed E-state index contributed by atoms with van der Waals surface area (Å²) in [6.45, 7) is 6.45. The molecule has 17 heavy (non-hydrogen) atoms. The van der Waals surface area contributed by atoms with Crippen molar-refractivity contribution in [3.05, 3.63) is 0 Å². The summed E-state index contributed by atoms with van der Waals surface area (Å²) in [7, 11) is 0. The fourth-order valence-corrected chi connectivity index (χ4v) is 0.544. The molecular formula is C10H18MgO6. The molecule has 2 N–H and O–H groups in total. The number of carbonyl (C=O) groups excluding carboxylic acids is 2. The molecule has 0 heterocycles. The zero-order valence-corrected chi connectivity index (χ0v) is 12.0. The van der Waals surface area contributed by atoms with Crippen molar-refractivity contribution in [1.29, 1.82) is 0 Å². The molecule has 0 saturated heterocycles. The van der Waals surface area contributed by atoms with Gasteiger partial charge in [0, 0.05) is 0 Å². The molecule has 2 atom stereocenters. The van der Waals surface area contributed by atoms with E-state index in [2.05, 4.69) is 0 Å². The van der Waals surface area contributed by atoms with Gasteiger partial charge in [-0.15, -0.1) is 0 Å². The maximum Gasteiger partial charge on any atom is 2.00 e. The van der Waals surface area contributed by atoms with E-state index in [4.69, 9.17) is 10.2 Å². The van der Waals surface area contributed by atoms with E-state index in [1.165, 1.54) is 0 Å². The molecule has 0 amide bonds. The summed E-state index contributed by atoms with van der Waals surface area (Å²) < 4.78 is 0. The molecule has 0 aromatic rings. The van der Waals surface area contributed by atoms with Crippen LogP contribution in [0.25, 0.3) is 0 Å². The summed E-state index contributed by atoms with van der Waals surface area (Å²) in [5.74, 6) is -3.33. The van der Waals surface area contributed by atoms with Crippen LogP contribution in [0, 0.1) is 11.8 Å². The van der Waals surface area contributed by atoms with Crippen molar-refractivity contribution >= 4 is 35.0 Å². The Balaban J connectivity index is -0.000000218. The molecule has 7 heteroatoms. The first-order valence-electron chi connectivity index (χ1n) is 4.89. The summed E-state index contributed by atoms with van der Waals surface area (Å²) in [4.78, 5) is 19.6. The minimum atomic E-state index is -1.40. The van der Waals surface area contributed by atoms with E-state index in [0.29, 0.717) is 0 Å². The Labute approximate surface area is 117 Å². The van der Waals surface area contributed by atoms with E-state index in [0.717, 1.165) is 0 Å². The van der Waals surface area contributed by atoms with Crippen molar-refractivity contribution < 1.29 is 30.0 Å². The Morgan fingerprint density at radius 1 is 0.824 bits per heavy atom. The first-order valence-corrected chi connectivity index (χ1v) is 4.89. The van der Waals surface area contributed by atoms with Gasteiger partial charge in [0.15, 0.2) is 0 Å². The molecule has 6 nitrogen and oxygen atoms in total. The number of aliphatic hydroxyl groups is 2. The van der Waals surface area contributed by atoms with E-state index in [-0.39, 0.29) is 34.9 Å². The maximum atomic E-state index is 9.78. The van der Waals surface area contributed by atoms with Gasteiger partial charge in [0.25, 0.3) is 0 Å². The molecule has 0 aromatic heterocycles. The molecule has 0 bridgehead atoms. The Bertz CT molecular complexity index is 205. The monoisotopic (exact) mass is 258 g/mol. The first kappa shape index (κ1) is 21.9. The van der Waals surface area contributed by atoms with Crippen LogP contribution < -0.4 is 10.2 Å². The number of aliphatic hydroxyl groups excluding tert-OH is 2. The quantitative estimate of drug-likeness (QED) is 0.523. The first-order chi connectivity index (χ1) is 7.11. The number of rotatable bonds is 4. The fourth-order valence-electron chi connectivity index (χ4n) is 0.544. The Hall–Kier alpha value is -0.374. The number of carboxylic acid groups (broad SMARTS) is 2. The zero-order valence-electron chi connectivity index (χ0n) is 10.5. The van der Waals surface area contributed by atoms with Gasteiger partial charge < -0.3 is 30.0 Å². The Morgan fingerprint density at radius 2 is 1.00 bits per heavy atom. The minimum absolute atomic E-state index is 0. The standard InChI is InChI=1S/2C5H10O3.Mg/c2*1-3(2)4(6)5(7)8;/h2*3-4,6H,1-2H3,(H,7,8);/q;;+2/p-2. The summed E-state index contributed by atoms with van der Waals surface area (Å²) in [5.41, 5.74) is 0. The molecule has 0 fully saturated rings. The van der Waals surface area contributed by atoms with E-state index >= 15 is 0 Å². The van der Waals surface area contributed by atoms with Crippen molar-refractivity contribution in [2.24, 2.45) is 11.8 Å². The fraction of sp³-hybridized carbons (Fsp3) is 0.800. The molecule has 0 saturated carbocycles. The second-order valence-corrected chi connectivity index (χ2v) is 4.02. The SMILES string of the molecule is CC(C)C(O)C(=O)[O-].CC(C)C(O)C(=O)[O-].[Mg+2]. The van der Waals surface area contributed by atoms with Crippen LogP contribution in [0.4, 0.5) is 0 Å². The molecule has 0 aliphatic heterocycles. The van der Waals surface area contributed by atoms with Crippen LogP contribution in [-0.4, -0.2) is 57.4 Å². The van der Waals surface area contributed by atoms with Crippen LogP contribution in [0.1, 0.15) is 27.7 Å². The second kappa shape index (κ2) is 10.8. The molecule has 0 rings (SSSR count). The van der Waals surface area contributed by atoms with E-state index < -0.39 is 24.1 Å². The average molecular weight is 259 g/mol. The van der Waals surface area contributed by atoms with E-state index in [1.807, 2.05) is 0 Å².